The Labute approximate surface area is 221 Å². The van der Waals surface area contributed by atoms with Gasteiger partial charge in [0.05, 0.1) is 10.7 Å². The molecule has 4 aromatic rings. The summed E-state index contributed by atoms with van der Waals surface area (Å²) in [5, 5.41) is 2.13. The maximum absolute atomic E-state index is 12.5. The number of halogens is 1. The van der Waals surface area contributed by atoms with Gasteiger partial charge in [-0.1, -0.05) is 60.7 Å². The normalized spacial score (nSPS) is 14.0. The number of fused-ring (bicyclic) bond motifs is 1. The molecule has 0 fully saturated rings. The van der Waals surface area contributed by atoms with Gasteiger partial charge in [0.2, 0.25) is 5.90 Å². The number of nitrogens with zero attached hydrogens (tertiary/aromatic N) is 1. The molecule has 0 bridgehead atoms. The molecule has 0 atom stereocenters. The summed E-state index contributed by atoms with van der Waals surface area (Å²) in [6, 6.07) is 26.3. The van der Waals surface area contributed by atoms with Crippen LogP contribution in [-0.2, 0) is 9.53 Å². The van der Waals surface area contributed by atoms with Crippen molar-refractivity contribution in [3.63, 3.8) is 0 Å². The van der Waals surface area contributed by atoms with Crippen LogP contribution in [0.1, 0.15) is 21.5 Å². The molecule has 178 valence electrons. The first kappa shape index (κ1) is 23.7. The predicted molar refractivity (Wildman–Crippen MR) is 147 cm³/mol. The fourth-order valence-corrected chi connectivity index (χ4v) is 4.60. The van der Waals surface area contributed by atoms with E-state index in [1.165, 1.54) is 7.11 Å². The second kappa shape index (κ2) is 10.3. The molecule has 1 aliphatic heterocycles. The van der Waals surface area contributed by atoms with Crippen LogP contribution in [0.5, 0.6) is 11.5 Å². The van der Waals surface area contributed by atoms with Gasteiger partial charge in [0.1, 0.15) is 0 Å². The van der Waals surface area contributed by atoms with E-state index in [0.717, 1.165) is 19.9 Å². The average molecular weight is 589 g/mol. The third kappa shape index (κ3) is 5.01. The molecule has 0 saturated carbocycles. The van der Waals surface area contributed by atoms with Crippen molar-refractivity contribution in [1.29, 1.82) is 0 Å². The molecule has 0 spiro atoms. The number of ether oxygens (including phenoxy) is 3. The summed E-state index contributed by atoms with van der Waals surface area (Å²) in [7, 11) is 1.52. The maximum Gasteiger partial charge on any atom is 0.363 e. The topological polar surface area (TPSA) is 74.2 Å². The zero-order valence-electron chi connectivity index (χ0n) is 19.2. The van der Waals surface area contributed by atoms with Crippen LogP contribution >= 0.6 is 22.6 Å². The molecule has 6 nitrogen and oxygen atoms in total. The van der Waals surface area contributed by atoms with E-state index in [9.17, 15) is 9.59 Å². The standard InChI is InChI=1S/C29H20INO5/c1-34-26-15-18(13-23(30)27(26)35-17-25(32)20-8-3-2-4-9-20)14-24-29(33)36-28(31-24)22-12-11-19-7-5-6-10-21(19)16-22/h2-16H,17H2,1H3/b24-14-. The van der Waals surface area contributed by atoms with Crippen LogP contribution in [0, 0.1) is 3.57 Å². The average Bonchev–Trinajstić information content (AvgIpc) is 3.27. The van der Waals surface area contributed by atoms with Crippen molar-refractivity contribution >= 4 is 57.1 Å². The van der Waals surface area contributed by atoms with Crippen molar-refractivity contribution in [2.45, 2.75) is 0 Å². The van der Waals surface area contributed by atoms with Crippen molar-refractivity contribution in [2.24, 2.45) is 4.99 Å². The van der Waals surface area contributed by atoms with Gasteiger partial charge in [-0.25, -0.2) is 9.79 Å². The van der Waals surface area contributed by atoms with Crippen LogP contribution in [0.15, 0.2) is 95.6 Å². The highest BCUT2D eigenvalue weighted by atomic mass is 127. The summed E-state index contributed by atoms with van der Waals surface area (Å²) < 4.78 is 17.5. The number of ketones is 1. The molecule has 0 N–H and O–H groups in total. The molecule has 36 heavy (non-hydrogen) atoms. The highest BCUT2D eigenvalue weighted by molar-refractivity contribution is 14.1. The number of esters is 1. The van der Waals surface area contributed by atoms with Crippen molar-refractivity contribution in [3.8, 4) is 11.5 Å². The van der Waals surface area contributed by atoms with Gasteiger partial charge >= 0.3 is 5.97 Å². The molecular weight excluding hydrogens is 569 g/mol. The molecule has 0 saturated heterocycles. The van der Waals surface area contributed by atoms with Crippen molar-refractivity contribution in [1.82, 2.24) is 0 Å². The first-order valence-corrected chi connectivity index (χ1v) is 12.2. The molecule has 7 heteroatoms. The van der Waals surface area contributed by atoms with Crippen molar-refractivity contribution < 1.29 is 23.8 Å². The number of aliphatic imine (C=N–C) groups is 1. The van der Waals surface area contributed by atoms with Crippen LogP contribution in [-0.4, -0.2) is 31.4 Å². The Balaban J connectivity index is 1.39. The number of hydrogen-bond donors (Lipinski definition) is 0. The lowest BCUT2D eigenvalue weighted by Crippen LogP contribution is -2.12. The minimum absolute atomic E-state index is 0.122. The molecule has 4 aromatic carbocycles. The van der Waals surface area contributed by atoms with E-state index >= 15 is 0 Å². The number of Topliss-reactive ketones (excluding diaryl/α,β-unsaturated/α-hetero) is 1. The SMILES string of the molecule is COc1cc(/C=C2\N=C(c3ccc4ccccc4c3)OC2=O)cc(I)c1OCC(=O)c1ccccc1. The largest absolute Gasteiger partial charge is 0.493 e. The van der Waals surface area contributed by atoms with Gasteiger partial charge in [0, 0.05) is 11.1 Å². The molecule has 1 heterocycles. The first-order valence-electron chi connectivity index (χ1n) is 11.1. The van der Waals surface area contributed by atoms with Crippen molar-refractivity contribution in [3.05, 3.63) is 111 Å². The molecule has 0 unspecified atom stereocenters. The van der Waals surface area contributed by atoms with Crippen LogP contribution in [0.2, 0.25) is 0 Å². The quantitative estimate of drug-likeness (QED) is 0.114. The molecule has 0 radical (unpaired) electrons. The number of benzene rings is 4. The Morgan fingerprint density at radius 1 is 0.972 bits per heavy atom. The highest BCUT2D eigenvalue weighted by Crippen LogP contribution is 2.35. The second-order valence-electron chi connectivity index (χ2n) is 8.01. The number of methoxy groups -OCH3 is 1. The second-order valence-corrected chi connectivity index (χ2v) is 9.17. The maximum atomic E-state index is 12.5. The first-order chi connectivity index (χ1) is 17.5. The number of carbonyl (C=O) groups excluding carboxylic acids is 2. The van der Waals surface area contributed by atoms with Crippen LogP contribution in [0.3, 0.4) is 0 Å². The van der Waals surface area contributed by atoms with E-state index in [1.807, 2.05) is 66.7 Å². The Hall–Kier alpha value is -3.98. The third-order valence-electron chi connectivity index (χ3n) is 5.62. The number of carbonyl (C=O) groups is 2. The summed E-state index contributed by atoms with van der Waals surface area (Å²) in [6.45, 7) is -0.122. The lowest BCUT2D eigenvalue weighted by molar-refractivity contribution is -0.129. The fourth-order valence-electron chi connectivity index (χ4n) is 3.82. The van der Waals surface area contributed by atoms with E-state index in [2.05, 4.69) is 27.6 Å². The van der Waals surface area contributed by atoms with Crippen LogP contribution in [0.4, 0.5) is 0 Å². The smallest absolute Gasteiger partial charge is 0.363 e. The number of hydrogen-bond acceptors (Lipinski definition) is 6. The van der Waals surface area contributed by atoms with E-state index in [1.54, 1.807) is 24.3 Å². The molecule has 0 aromatic heterocycles. The number of cyclic esters (lactones) is 1. The monoisotopic (exact) mass is 589 g/mol. The van der Waals surface area contributed by atoms with Gasteiger partial charge in [-0.3, -0.25) is 4.79 Å². The molecule has 5 rings (SSSR count). The third-order valence-corrected chi connectivity index (χ3v) is 6.42. The summed E-state index contributed by atoms with van der Waals surface area (Å²) in [6.07, 6.45) is 1.64. The summed E-state index contributed by atoms with van der Waals surface area (Å²) in [4.78, 5) is 29.4. The zero-order valence-corrected chi connectivity index (χ0v) is 21.4. The number of rotatable bonds is 7. The molecule has 0 aliphatic carbocycles. The Bertz CT molecular complexity index is 1540. The van der Waals surface area contributed by atoms with E-state index in [4.69, 9.17) is 14.2 Å². The molecular formula is C29H20INO5. The summed E-state index contributed by atoms with van der Waals surface area (Å²) >= 11 is 2.11. The predicted octanol–water partition coefficient (Wildman–Crippen LogP) is 6.06. The summed E-state index contributed by atoms with van der Waals surface area (Å²) in [5.41, 5.74) is 2.18. The van der Waals surface area contributed by atoms with E-state index in [-0.39, 0.29) is 24.0 Å². The Morgan fingerprint density at radius 2 is 1.72 bits per heavy atom. The zero-order chi connectivity index (χ0) is 25.1. The minimum Gasteiger partial charge on any atom is -0.493 e. The van der Waals surface area contributed by atoms with E-state index in [0.29, 0.717) is 22.6 Å². The lowest BCUT2D eigenvalue weighted by atomic mass is 10.1. The fraction of sp³-hybridized carbons (Fsp3) is 0.0690. The van der Waals surface area contributed by atoms with Gasteiger partial charge in [0.25, 0.3) is 0 Å². The highest BCUT2D eigenvalue weighted by Gasteiger charge is 2.25. The van der Waals surface area contributed by atoms with Crippen LogP contribution < -0.4 is 9.47 Å². The lowest BCUT2D eigenvalue weighted by Gasteiger charge is -2.13. The van der Waals surface area contributed by atoms with Gasteiger partial charge < -0.3 is 14.2 Å². The summed E-state index contributed by atoms with van der Waals surface area (Å²) in [5.74, 6) is 0.501. The van der Waals surface area contributed by atoms with Gasteiger partial charge in [-0.05, 0) is 69.3 Å². The van der Waals surface area contributed by atoms with Gasteiger partial charge in [0.15, 0.2) is 29.6 Å². The Kier molecular flexibility index (Phi) is 6.81. The Morgan fingerprint density at radius 3 is 2.50 bits per heavy atom. The van der Waals surface area contributed by atoms with Gasteiger partial charge in [-0.2, -0.15) is 0 Å². The van der Waals surface area contributed by atoms with Gasteiger partial charge in [-0.15, -0.1) is 0 Å². The minimum atomic E-state index is -0.527. The van der Waals surface area contributed by atoms with E-state index < -0.39 is 5.97 Å². The molecule has 1 aliphatic rings. The van der Waals surface area contributed by atoms with Crippen molar-refractivity contribution in [2.75, 3.05) is 13.7 Å². The molecule has 0 amide bonds. The van der Waals surface area contributed by atoms with Crippen LogP contribution in [0.25, 0.3) is 16.8 Å².